The first-order chi connectivity index (χ1) is 12.1. The molecule has 6 heteroatoms. The van der Waals surface area contributed by atoms with Crippen molar-refractivity contribution in [3.05, 3.63) is 71.3 Å². The summed E-state index contributed by atoms with van der Waals surface area (Å²) in [6, 6.07) is 16.4. The highest BCUT2D eigenvalue weighted by molar-refractivity contribution is 5.94. The smallest absolute Gasteiger partial charge is 0.312 e. The van der Waals surface area contributed by atoms with E-state index < -0.39 is 6.03 Å². The number of nitrogens with one attached hydrogen (secondary N) is 2. The van der Waals surface area contributed by atoms with Gasteiger partial charge in [-0.3, -0.25) is 4.79 Å². The molecule has 0 atom stereocenters. The maximum atomic E-state index is 12.0. The highest BCUT2D eigenvalue weighted by Gasteiger charge is 2.05. The maximum Gasteiger partial charge on any atom is 0.312 e. The molecule has 6 nitrogen and oxygen atoms in total. The van der Waals surface area contributed by atoms with E-state index in [9.17, 15) is 9.59 Å². The van der Waals surface area contributed by atoms with Gasteiger partial charge in [0.05, 0.1) is 6.61 Å². The number of urea groups is 1. The Bertz CT molecular complexity index is 672. The Morgan fingerprint density at radius 2 is 1.64 bits per heavy atom. The van der Waals surface area contributed by atoms with Crippen LogP contribution in [0.2, 0.25) is 0 Å². The quantitative estimate of drug-likeness (QED) is 0.610. The molecular weight excluding hydrogens is 318 g/mol. The molecule has 132 valence electrons. The summed E-state index contributed by atoms with van der Waals surface area (Å²) < 4.78 is 5.57. The van der Waals surface area contributed by atoms with Crippen LogP contribution in [0.4, 0.5) is 4.79 Å². The normalized spacial score (nSPS) is 10.2. The van der Waals surface area contributed by atoms with E-state index in [1.54, 1.807) is 24.3 Å². The molecule has 25 heavy (non-hydrogen) atoms. The third-order valence-electron chi connectivity index (χ3n) is 3.55. The Labute approximate surface area is 147 Å². The van der Waals surface area contributed by atoms with Crippen LogP contribution >= 0.6 is 0 Å². The van der Waals surface area contributed by atoms with Gasteiger partial charge in [0.25, 0.3) is 5.91 Å². The molecule has 0 fully saturated rings. The van der Waals surface area contributed by atoms with Gasteiger partial charge in [0.2, 0.25) is 0 Å². The molecule has 3 amide bonds. The summed E-state index contributed by atoms with van der Waals surface area (Å²) in [6.45, 7) is 2.07. The van der Waals surface area contributed by atoms with Gasteiger partial charge in [0.1, 0.15) is 0 Å². The Morgan fingerprint density at radius 3 is 2.32 bits per heavy atom. The number of carbonyl (C=O) groups is 2. The van der Waals surface area contributed by atoms with Crippen molar-refractivity contribution in [1.82, 2.24) is 10.6 Å². The molecule has 0 saturated carbocycles. The summed E-state index contributed by atoms with van der Waals surface area (Å²) in [4.78, 5) is 22.7. The van der Waals surface area contributed by atoms with Crippen LogP contribution < -0.4 is 16.4 Å². The third kappa shape index (κ3) is 7.05. The molecule has 0 bridgehead atoms. The van der Waals surface area contributed by atoms with E-state index in [2.05, 4.69) is 10.6 Å². The predicted octanol–water partition coefficient (Wildman–Crippen LogP) is 2.19. The van der Waals surface area contributed by atoms with Gasteiger partial charge in [-0.25, -0.2) is 4.79 Å². The molecule has 0 aliphatic carbocycles. The molecule has 0 aliphatic heterocycles. The van der Waals surface area contributed by atoms with Gasteiger partial charge in [-0.15, -0.1) is 0 Å². The largest absolute Gasteiger partial charge is 0.377 e. The summed E-state index contributed by atoms with van der Waals surface area (Å²) >= 11 is 0. The second-order valence-electron chi connectivity index (χ2n) is 5.56. The number of amides is 3. The molecule has 0 spiro atoms. The van der Waals surface area contributed by atoms with Gasteiger partial charge in [-0.05, 0) is 29.7 Å². The van der Waals surface area contributed by atoms with E-state index in [4.69, 9.17) is 10.5 Å². The second-order valence-corrected chi connectivity index (χ2v) is 5.56. The molecule has 0 heterocycles. The molecule has 2 aromatic carbocycles. The average Bonchev–Trinajstić information content (AvgIpc) is 2.64. The van der Waals surface area contributed by atoms with Crippen LogP contribution in [0.25, 0.3) is 0 Å². The van der Waals surface area contributed by atoms with Crippen molar-refractivity contribution in [1.29, 1.82) is 0 Å². The van der Waals surface area contributed by atoms with Gasteiger partial charge >= 0.3 is 6.03 Å². The van der Waals surface area contributed by atoms with Crippen molar-refractivity contribution in [2.45, 2.75) is 19.6 Å². The van der Waals surface area contributed by atoms with Gasteiger partial charge in [-0.2, -0.15) is 0 Å². The van der Waals surface area contributed by atoms with Gasteiger partial charge in [-0.1, -0.05) is 42.5 Å². The van der Waals surface area contributed by atoms with Crippen LogP contribution in [-0.4, -0.2) is 25.1 Å². The second kappa shape index (κ2) is 10.1. The van der Waals surface area contributed by atoms with E-state index in [-0.39, 0.29) is 5.91 Å². The maximum absolute atomic E-state index is 12.0. The molecule has 2 aromatic rings. The number of primary amides is 1. The lowest BCUT2D eigenvalue weighted by Gasteiger charge is -2.07. The summed E-state index contributed by atoms with van der Waals surface area (Å²) in [5, 5.41) is 5.36. The number of hydrogen-bond acceptors (Lipinski definition) is 3. The molecular formula is C19H23N3O3. The zero-order valence-electron chi connectivity index (χ0n) is 14.0. The van der Waals surface area contributed by atoms with Gasteiger partial charge in [0, 0.05) is 25.3 Å². The molecule has 0 unspecified atom stereocenters. The minimum absolute atomic E-state index is 0.127. The van der Waals surface area contributed by atoms with E-state index in [1.807, 2.05) is 30.3 Å². The number of carbonyl (C=O) groups excluding carboxylic acids is 2. The van der Waals surface area contributed by atoms with Crippen molar-refractivity contribution in [2.24, 2.45) is 5.73 Å². The SMILES string of the molecule is NC(=O)NCc1ccc(C(=O)NCCCOCc2ccccc2)cc1. The summed E-state index contributed by atoms with van der Waals surface area (Å²) in [5.41, 5.74) is 7.61. The average molecular weight is 341 g/mol. The number of nitrogens with two attached hydrogens (primary N) is 1. The Morgan fingerprint density at radius 1 is 0.920 bits per heavy atom. The Kier molecular flexibility index (Phi) is 7.46. The standard InChI is InChI=1S/C19H23N3O3/c20-19(24)22-13-15-7-9-17(10-8-15)18(23)21-11-4-12-25-14-16-5-2-1-3-6-16/h1-3,5-10H,4,11-14H2,(H,21,23)(H3,20,22,24). The van der Waals surface area contributed by atoms with Gasteiger partial charge in [0.15, 0.2) is 0 Å². The van der Waals surface area contributed by atoms with Crippen molar-refractivity contribution in [2.75, 3.05) is 13.2 Å². The minimum Gasteiger partial charge on any atom is -0.377 e. The van der Waals surface area contributed by atoms with E-state index in [1.165, 1.54) is 0 Å². The number of hydrogen-bond donors (Lipinski definition) is 3. The monoisotopic (exact) mass is 341 g/mol. The van der Waals surface area contributed by atoms with Crippen molar-refractivity contribution in [3.63, 3.8) is 0 Å². The number of rotatable bonds is 9. The highest BCUT2D eigenvalue weighted by atomic mass is 16.5. The van der Waals surface area contributed by atoms with E-state index >= 15 is 0 Å². The topological polar surface area (TPSA) is 93.5 Å². The zero-order chi connectivity index (χ0) is 17.9. The minimum atomic E-state index is -0.573. The number of ether oxygens (including phenoxy) is 1. The molecule has 0 aromatic heterocycles. The lowest BCUT2D eigenvalue weighted by Crippen LogP contribution is -2.28. The predicted molar refractivity (Wildman–Crippen MR) is 95.9 cm³/mol. The third-order valence-corrected chi connectivity index (χ3v) is 3.55. The fourth-order valence-corrected chi connectivity index (χ4v) is 2.21. The van der Waals surface area contributed by atoms with Crippen LogP contribution in [-0.2, 0) is 17.9 Å². The molecule has 4 N–H and O–H groups in total. The Balaban J connectivity index is 1.62. The fourth-order valence-electron chi connectivity index (χ4n) is 2.21. The lowest BCUT2D eigenvalue weighted by molar-refractivity contribution is 0.0934. The Hall–Kier alpha value is -2.86. The van der Waals surface area contributed by atoms with E-state index in [0.717, 1.165) is 17.5 Å². The van der Waals surface area contributed by atoms with E-state index in [0.29, 0.717) is 31.9 Å². The van der Waals surface area contributed by atoms with Crippen molar-refractivity contribution >= 4 is 11.9 Å². The fraction of sp³-hybridized carbons (Fsp3) is 0.263. The first-order valence-electron chi connectivity index (χ1n) is 8.17. The molecule has 0 aliphatic rings. The van der Waals surface area contributed by atoms with Crippen LogP contribution in [0.5, 0.6) is 0 Å². The van der Waals surface area contributed by atoms with Crippen LogP contribution in [0.1, 0.15) is 27.9 Å². The highest BCUT2D eigenvalue weighted by Crippen LogP contribution is 2.04. The molecule has 0 saturated heterocycles. The summed E-state index contributed by atoms with van der Waals surface area (Å²) in [6.07, 6.45) is 0.749. The van der Waals surface area contributed by atoms with Crippen LogP contribution in [0.15, 0.2) is 54.6 Å². The van der Waals surface area contributed by atoms with Crippen molar-refractivity contribution < 1.29 is 14.3 Å². The molecule has 0 radical (unpaired) electrons. The van der Waals surface area contributed by atoms with Gasteiger partial charge < -0.3 is 21.1 Å². The summed E-state index contributed by atoms with van der Waals surface area (Å²) in [7, 11) is 0. The van der Waals surface area contributed by atoms with Crippen LogP contribution in [0.3, 0.4) is 0 Å². The first-order valence-corrected chi connectivity index (χ1v) is 8.17. The van der Waals surface area contributed by atoms with Crippen LogP contribution in [0, 0.1) is 0 Å². The summed E-state index contributed by atoms with van der Waals surface area (Å²) in [5.74, 6) is -0.127. The van der Waals surface area contributed by atoms with Crippen molar-refractivity contribution in [3.8, 4) is 0 Å². The first kappa shape index (κ1) is 18.5. The molecule has 2 rings (SSSR count). The zero-order valence-corrected chi connectivity index (χ0v) is 14.0. The lowest BCUT2D eigenvalue weighted by atomic mass is 10.1. The number of benzene rings is 2.